The van der Waals surface area contributed by atoms with E-state index in [1.807, 2.05) is 6.07 Å². The number of nitrogens with zero attached hydrogens (tertiary/aromatic N) is 5. The first-order valence-corrected chi connectivity index (χ1v) is 12.0. The van der Waals surface area contributed by atoms with Crippen molar-refractivity contribution < 1.29 is 14.0 Å². The number of fused-ring (bicyclic) bond motifs is 4. The number of carbonyl (C=O) groups excluding carboxylic acids is 2. The van der Waals surface area contributed by atoms with E-state index in [-0.39, 0.29) is 35.7 Å². The first kappa shape index (κ1) is 21.9. The Hall–Kier alpha value is -3.60. The number of anilines is 2. The highest BCUT2D eigenvalue weighted by atomic mass is 79.9. The molecule has 35 heavy (non-hydrogen) atoms. The number of hydrogen-bond donors (Lipinski definition) is 2. The largest absolute Gasteiger partial charge is 0.383 e. The summed E-state index contributed by atoms with van der Waals surface area (Å²) in [5.41, 5.74) is 7.48. The number of likely N-dealkylation sites (tertiary alicyclic amines) is 1. The first-order chi connectivity index (χ1) is 16.8. The fourth-order valence-corrected chi connectivity index (χ4v) is 5.61. The zero-order valence-electron chi connectivity index (χ0n) is 18.7. The molecule has 0 unspecified atom stereocenters. The molecule has 4 aromatic rings. The molecule has 2 amide bonds. The smallest absolute Gasteiger partial charge is 0.248 e. The van der Waals surface area contributed by atoms with Crippen LogP contribution in [0.25, 0.3) is 21.9 Å². The molecule has 3 N–H and O–H groups in total. The summed E-state index contributed by atoms with van der Waals surface area (Å²) in [6.07, 6.45) is 2.75. The second-order valence-electron chi connectivity index (χ2n) is 9.14. The van der Waals surface area contributed by atoms with Crippen LogP contribution in [0.4, 0.5) is 16.0 Å². The van der Waals surface area contributed by atoms with Gasteiger partial charge in [0.2, 0.25) is 11.8 Å². The minimum atomic E-state index is -0.619. The van der Waals surface area contributed by atoms with Gasteiger partial charge in [0.1, 0.15) is 46.6 Å². The van der Waals surface area contributed by atoms with Crippen LogP contribution in [-0.4, -0.2) is 48.3 Å². The van der Waals surface area contributed by atoms with E-state index in [1.54, 1.807) is 34.6 Å². The van der Waals surface area contributed by atoms with Crippen LogP contribution in [0.2, 0.25) is 0 Å². The number of amides is 2. The van der Waals surface area contributed by atoms with Crippen LogP contribution in [0.3, 0.4) is 0 Å². The lowest BCUT2D eigenvalue weighted by atomic mass is 10.1. The molecule has 6 rings (SSSR count). The molecule has 2 aliphatic rings. The van der Waals surface area contributed by atoms with Crippen molar-refractivity contribution in [1.29, 1.82) is 0 Å². The highest BCUT2D eigenvalue weighted by Gasteiger charge is 2.56. The number of aryl methyl sites for hydroxylation is 1. The summed E-state index contributed by atoms with van der Waals surface area (Å²) >= 11 is 3.30. The summed E-state index contributed by atoms with van der Waals surface area (Å²) in [5, 5.41) is 3.89. The molecule has 0 spiro atoms. The summed E-state index contributed by atoms with van der Waals surface area (Å²) in [6.45, 7) is 1.62. The van der Waals surface area contributed by atoms with Crippen LogP contribution in [-0.2, 0) is 16.1 Å². The van der Waals surface area contributed by atoms with Crippen molar-refractivity contribution in [2.75, 3.05) is 11.1 Å². The number of nitrogens with two attached hydrogens (primary N) is 1. The Labute approximate surface area is 207 Å². The topological polar surface area (TPSA) is 119 Å². The van der Waals surface area contributed by atoms with Gasteiger partial charge in [-0.15, -0.1) is 0 Å². The molecule has 3 atom stereocenters. The summed E-state index contributed by atoms with van der Waals surface area (Å²) in [7, 11) is 0. The van der Waals surface area contributed by atoms with Gasteiger partial charge in [-0.1, -0.05) is 6.07 Å². The van der Waals surface area contributed by atoms with Crippen LogP contribution < -0.4 is 11.1 Å². The number of rotatable bonds is 4. The van der Waals surface area contributed by atoms with E-state index < -0.39 is 11.9 Å². The van der Waals surface area contributed by atoms with Crippen molar-refractivity contribution in [3.05, 3.63) is 52.6 Å². The highest BCUT2D eigenvalue weighted by molar-refractivity contribution is 9.10. The standard InChI is InChI=1S/C24H21BrFN7O2/c1-11-5-13-20-22(27)28-10-29-23(20)32(21(13)14(26)6-11)9-19(34)33-15-7-12(15)8-16(33)24(35)31-18-4-2-3-17(25)30-18/h2-6,10,12,15-16H,7-9H2,1H3,(H2,27,28,29)(H,30,31,35)/t12-,15-,16+/m1/s1. The molecule has 1 saturated carbocycles. The van der Waals surface area contributed by atoms with E-state index in [1.165, 1.54) is 12.4 Å². The zero-order chi connectivity index (χ0) is 24.4. The van der Waals surface area contributed by atoms with Gasteiger partial charge in [0.15, 0.2) is 0 Å². The zero-order valence-corrected chi connectivity index (χ0v) is 20.3. The van der Waals surface area contributed by atoms with Gasteiger partial charge in [0, 0.05) is 11.4 Å². The third-order valence-electron chi connectivity index (χ3n) is 6.81. The van der Waals surface area contributed by atoms with Gasteiger partial charge >= 0.3 is 0 Å². The number of aromatic nitrogens is 4. The lowest BCUT2D eigenvalue weighted by molar-refractivity contribution is -0.138. The number of halogens is 2. The monoisotopic (exact) mass is 537 g/mol. The number of nitrogen functional groups attached to an aromatic ring is 1. The van der Waals surface area contributed by atoms with Crippen LogP contribution in [0, 0.1) is 18.7 Å². The van der Waals surface area contributed by atoms with E-state index in [9.17, 15) is 9.59 Å². The Balaban J connectivity index is 1.35. The third kappa shape index (κ3) is 3.61. The number of carbonyl (C=O) groups is 2. The van der Waals surface area contributed by atoms with Crippen molar-refractivity contribution in [3.8, 4) is 0 Å². The number of nitrogens with one attached hydrogen (secondary N) is 1. The highest BCUT2D eigenvalue weighted by Crippen LogP contribution is 2.48. The molecule has 1 aliphatic heterocycles. The predicted octanol–water partition coefficient (Wildman–Crippen LogP) is 3.40. The Morgan fingerprint density at radius 3 is 2.89 bits per heavy atom. The van der Waals surface area contributed by atoms with Crippen molar-refractivity contribution in [2.45, 2.75) is 38.4 Å². The minimum Gasteiger partial charge on any atom is -0.383 e. The Bertz CT molecular complexity index is 1540. The number of benzene rings is 1. The average molecular weight is 538 g/mol. The van der Waals surface area contributed by atoms with E-state index in [4.69, 9.17) is 5.73 Å². The van der Waals surface area contributed by atoms with Crippen molar-refractivity contribution in [1.82, 2.24) is 24.4 Å². The summed E-state index contributed by atoms with van der Waals surface area (Å²) in [6, 6.07) is 7.85. The Morgan fingerprint density at radius 1 is 1.26 bits per heavy atom. The van der Waals surface area contributed by atoms with Crippen molar-refractivity contribution >= 4 is 61.3 Å². The molecule has 0 bridgehead atoms. The van der Waals surface area contributed by atoms with E-state index in [0.29, 0.717) is 39.2 Å². The van der Waals surface area contributed by atoms with Crippen LogP contribution in [0.5, 0.6) is 0 Å². The first-order valence-electron chi connectivity index (χ1n) is 11.2. The fourth-order valence-electron chi connectivity index (χ4n) is 5.27. The molecule has 1 saturated heterocycles. The van der Waals surface area contributed by atoms with Gasteiger partial charge in [-0.3, -0.25) is 9.59 Å². The van der Waals surface area contributed by atoms with Crippen LogP contribution >= 0.6 is 15.9 Å². The molecular weight excluding hydrogens is 517 g/mol. The molecule has 4 heterocycles. The van der Waals surface area contributed by atoms with E-state index >= 15 is 4.39 Å². The molecule has 1 aliphatic carbocycles. The number of piperidine rings is 1. The average Bonchev–Trinajstić information content (AvgIpc) is 3.34. The molecule has 9 nitrogen and oxygen atoms in total. The Morgan fingerprint density at radius 2 is 2.09 bits per heavy atom. The summed E-state index contributed by atoms with van der Waals surface area (Å²) < 4.78 is 17.3. The SMILES string of the molecule is Cc1cc(F)c2c(c1)c1c(N)ncnc1n2CC(=O)N1[C@@H]2C[C@@H]2C[C@H]1C(=O)Nc1cccc(Br)n1. The van der Waals surface area contributed by atoms with Gasteiger partial charge in [0.25, 0.3) is 0 Å². The molecule has 1 aromatic carbocycles. The number of hydrogen-bond acceptors (Lipinski definition) is 6. The quantitative estimate of drug-likeness (QED) is 0.385. The van der Waals surface area contributed by atoms with Gasteiger partial charge in [-0.05, 0) is 71.4 Å². The van der Waals surface area contributed by atoms with Gasteiger partial charge in [0.05, 0.1) is 10.9 Å². The maximum Gasteiger partial charge on any atom is 0.248 e. The second kappa shape index (κ2) is 7.98. The van der Waals surface area contributed by atoms with Crippen LogP contribution in [0.1, 0.15) is 18.4 Å². The minimum absolute atomic E-state index is 0.00796. The van der Waals surface area contributed by atoms with Crippen LogP contribution in [0.15, 0.2) is 41.3 Å². The molecule has 2 fully saturated rings. The maximum atomic E-state index is 15.2. The van der Waals surface area contributed by atoms with Gasteiger partial charge < -0.3 is 20.5 Å². The molecule has 3 aromatic heterocycles. The van der Waals surface area contributed by atoms with E-state index in [0.717, 1.165) is 12.0 Å². The second-order valence-corrected chi connectivity index (χ2v) is 9.95. The fraction of sp³-hybridized carbons (Fsp3) is 0.292. The molecule has 178 valence electrons. The normalized spacial score (nSPS) is 20.9. The maximum absolute atomic E-state index is 15.2. The summed E-state index contributed by atoms with van der Waals surface area (Å²) in [4.78, 5) is 41.0. The van der Waals surface area contributed by atoms with Crippen molar-refractivity contribution in [2.24, 2.45) is 5.92 Å². The lowest BCUT2D eigenvalue weighted by Gasteiger charge is -2.27. The molecular formula is C24H21BrFN7O2. The molecule has 0 radical (unpaired) electrons. The van der Waals surface area contributed by atoms with Gasteiger partial charge in [-0.2, -0.15) is 0 Å². The Kier molecular flexibility index (Phi) is 4.99. The number of pyridine rings is 1. The third-order valence-corrected chi connectivity index (χ3v) is 7.26. The van der Waals surface area contributed by atoms with E-state index in [2.05, 4.69) is 36.2 Å². The van der Waals surface area contributed by atoms with Crippen molar-refractivity contribution in [3.63, 3.8) is 0 Å². The summed E-state index contributed by atoms with van der Waals surface area (Å²) in [5.74, 6) is -0.102. The predicted molar refractivity (Wildman–Crippen MR) is 132 cm³/mol. The lowest BCUT2D eigenvalue weighted by Crippen LogP contribution is -2.46. The molecule has 11 heteroatoms. The van der Waals surface area contributed by atoms with Gasteiger partial charge in [-0.25, -0.2) is 19.3 Å².